The standard InChI is InChI=1S/C19H27NO/c1-14(20-19(21)16-8-3-2-4-9-16)17-12-11-15-7-5-6-10-18(15)13-17/h11-14,16H,2-10H2,1H3,(H,20,21)/t14-/m1/s1. The Morgan fingerprint density at radius 3 is 2.52 bits per heavy atom. The molecular formula is C19H27NO. The Bertz CT molecular complexity index is 502. The fourth-order valence-corrected chi connectivity index (χ4v) is 3.80. The Balaban J connectivity index is 1.64. The van der Waals surface area contributed by atoms with E-state index in [1.807, 2.05) is 0 Å². The number of carbonyl (C=O) groups is 1. The van der Waals surface area contributed by atoms with Crippen LogP contribution in [0.5, 0.6) is 0 Å². The zero-order chi connectivity index (χ0) is 14.7. The van der Waals surface area contributed by atoms with Crippen molar-refractivity contribution in [2.24, 2.45) is 5.92 Å². The highest BCUT2D eigenvalue weighted by Crippen LogP contribution is 2.27. The van der Waals surface area contributed by atoms with Crippen molar-refractivity contribution >= 4 is 5.91 Å². The van der Waals surface area contributed by atoms with Crippen molar-refractivity contribution in [1.29, 1.82) is 0 Å². The normalized spacial score (nSPS) is 20.6. The summed E-state index contributed by atoms with van der Waals surface area (Å²) in [7, 11) is 0. The Morgan fingerprint density at radius 2 is 1.76 bits per heavy atom. The van der Waals surface area contributed by atoms with Crippen LogP contribution in [0.3, 0.4) is 0 Å². The molecular weight excluding hydrogens is 258 g/mol. The van der Waals surface area contributed by atoms with Gasteiger partial charge in [-0.05, 0) is 62.1 Å². The lowest BCUT2D eigenvalue weighted by atomic mass is 9.87. The molecule has 0 aliphatic heterocycles. The molecule has 2 aliphatic rings. The van der Waals surface area contributed by atoms with Crippen LogP contribution in [-0.4, -0.2) is 5.91 Å². The molecule has 0 spiro atoms. The first-order valence-corrected chi connectivity index (χ1v) is 8.66. The molecule has 0 saturated heterocycles. The van der Waals surface area contributed by atoms with E-state index < -0.39 is 0 Å². The monoisotopic (exact) mass is 285 g/mol. The number of aryl methyl sites for hydroxylation is 2. The molecule has 1 aromatic carbocycles. The fourth-order valence-electron chi connectivity index (χ4n) is 3.80. The molecule has 0 bridgehead atoms. The van der Waals surface area contributed by atoms with Gasteiger partial charge in [-0.25, -0.2) is 0 Å². The Labute approximate surface area is 128 Å². The lowest BCUT2D eigenvalue weighted by Crippen LogP contribution is -2.33. The smallest absolute Gasteiger partial charge is 0.223 e. The number of rotatable bonds is 3. The van der Waals surface area contributed by atoms with Crippen LogP contribution in [0, 0.1) is 5.92 Å². The molecule has 2 aliphatic carbocycles. The summed E-state index contributed by atoms with van der Waals surface area (Å²) in [5.74, 6) is 0.513. The topological polar surface area (TPSA) is 29.1 Å². The molecule has 1 amide bonds. The molecule has 114 valence electrons. The predicted molar refractivity (Wildman–Crippen MR) is 86.2 cm³/mol. The number of hydrogen-bond donors (Lipinski definition) is 1. The van der Waals surface area contributed by atoms with Crippen LogP contribution in [-0.2, 0) is 17.6 Å². The van der Waals surface area contributed by atoms with Gasteiger partial charge >= 0.3 is 0 Å². The first kappa shape index (κ1) is 14.6. The van der Waals surface area contributed by atoms with Gasteiger partial charge in [-0.15, -0.1) is 0 Å². The highest BCUT2D eigenvalue weighted by atomic mass is 16.1. The first-order chi connectivity index (χ1) is 10.2. The Hall–Kier alpha value is -1.31. The predicted octanol–water partition coefficient (Wildman–Crippen LogP) is 4.32. The molecule has 1 N–H and O–H groups in total. The molecule has 0 radical (unpaired) electrons. The van der Waals surface area contributed by atoms with Gasteiger partial charge in [-0.1, -0.05) is 37.5 Å². The minimum absolute atomic E-state index is 0.131. The van der Waals surface area contributed by atoms with Gasteiger partial charge in [-0.2, -0.15) is 0 Å². The van der Waals surface area contributed by atoms with Crippen molar-refractivity contribution in [1.82, 2.24) is 5.32 Å². The maximum absolute atomic E-state index is 12.4. The van der Waals surface area contributed by atoms with Crippen molar-refractivity contribution in [3.63, 3.8) is 0 Å². The van der Waals surface area contributed by atoms with E-state index in [1.54, 1.807) is 0 Å². The fraction of sp³-hybridized carbons (Fsp3) is 0.632. The second-order valence-corrected chi connectivity index (χ2v) is 6.80. The highest BCUT2D eigenvalue weighted by molar-refractivity contribution is 5.79. The zero-order valence-electron chi connectivity index (χ0n) is 13.2. The first-order valence-electron chi connectivity index (χ1n) is 8.66. The molecule has 2 nitrogen and oxygen atoms in total. The van der Waals surface area contributed by atoms with Crippen LogP contribution in [0.4, 0.5) is 0 Å². The van der Waals surface area contributed by atoms with E-state index in [1.165, 1.54) is 61.6 Å². The second kappa shape index (κ2) is 6.64. The minimum Gasteiger partial charge on any atom is -0.349 e. The summed E-state index contributed by atoms with van der Waals surface area (Å²) in [5, 5.41) is 3.23. The van der Waals surface area contributed by atoms with E-state index >= 15 is 0 Å². The van der Waals surface area contributed by atoms with Crippen LogP contribution in [0.2, 0.25) is 0 Å². The molecule has 0 aromatic heterocycles. The SMILES string of the molecule is C[C@@H](NC(=O)C1CCCCC1)c1ccc2c(c1)CCCC2. The summed E-state index contributed by atoms with van der Waals surface area (Å²) in [6.07, 6.45) is 10.9. The highest BCUT2D eigenvalue weighted by Gasteiger charge is 2.22. The van der Waals surface area contributed by atoms with Gasteiger partial charge in [0.15, 0.2) is 0 Å². The molecule has 3 rings (SSSR count). The summed E-state index contributed by atoms with van der Waals surface area (Å²) in [4.78, 5) is 12.4. The molecule has 0 unspecified atom stereocenters. The lowest BCUT2D eigenvalue weighted by molar-refractivity contribution is -0.126. The van der Waals surface area contributed by atoms with Gasteiger partial charge in [-0.3, -0.25) is 4.79 Å². The quantitative estimate of drug-likeness (QED) is 0.880. The summed E-state index contributed by atoms with van der Waals surface area (Å²) < 4.78 is 0. The number of carbonyl (C=O) groups excluding carboxylic acids is 1. The second-order valence-electron chi connectivity index (χ2n) is 6.80. The van der Waals surface area contributed by atoms with Crippen molar-refractivity contribution in [3.05, 3.63) is 34.9 Å². The third-order valence-electron chi connectivity index (χ3n) is 5.21. The zero-order valence-corrected chi connectivity index (χ0v) is 13.2. The number of amides is 1. The average molecular weight is 285 g/mol. The van der Waals surface area contributed by atoms with Gasteiger partial charge in [0.2, 0.25) is 5.91 Å². The van der Waals surface area contributed by atoms with Crippen molar-refractivity contribution in [2.45, 2.75) is 70.8 Å². The molecule has 1 aromatic rings. The van der Waals surface area contributed by atoms with E-state index in [0.717, 1.165) is 12.8 Å². The van der Waals surface area contributed by atoms with Gasteiger partial charge in [0.25, 0.3) is 0 Å². The summed E-state index contributed by atoms with van der Waals surface area (Å²) in [6, 6.07) is 6.93. The summed E-state index contributed by atoms with van der Waals surface area (Å²) >= 11 is 0. The van der Waals surface area contributed by atoms with Gasteiger partial charge < -0.3 is 5.32 Å². The summed E-state index contributed by atoms with van der Waals surface area (Å²) in [5.41, 5.74) is 4.27. The van der Waals surface area contributed by atoms with Crippen LogP contribution < -0.4 is 5.32 Å². The molecule has 0 heterocycles. The molecule has 21 heavy (non-hydrogen) atoms. The van der Waals surface area contributed by atoms with E-state index in [4.69, 9.17) is 0 Å². The van der Waals surface area contributed by atoms with Crippen molar-refractivity contribution in [2.75, 3.05) is 0 Å². The molecule has 1 fully saturated rings. The molecule has 2 heteroatoms. The number of fused-ring (bicyclic) bond motifs is 1. The van der Waals surface area contributed by atoms with Crippen LogP contribution in [0.15, 0.2) is 18.2 Å². The van der Waals surface area contributed by atoms with Gasteiger partial charge in [0.05, 0.1) is 6.04 Å². The van der Waals surface area contributed by atoms with Crippen LogP contribution >= 0.6 is 0 Å². The summed E-state index contributed by atoms with van der Waals surface area (Å²) in [6.45, 7) is 2.12. The van der Waals surface area contributed by atoms with Gasteiger partial charge in [0.1, 0.15) is 0 Å². The van der Waals surface area contributed by atoms with Crippen molar-refractivity contribution < 1.29 is 4.79 Å². The van der Waals surface area contributed by atoms with E-state index in [2.05, 4.69) is 30.4 Å². The molecule has 1 saturated carbocycles. The van der Waals surface area contributed by atoms with Crippen LogP contribution in [0.25, 0.3) is 0 Å². The third-order valence-corrected chi connectivity index (χ3v) is 5.21. The van der Waals surface area contributed by atoms with Crippen molar-refractivity contribution in [3.8, 4) is 0 Å². The van der Waals surface area contributed by atoms with E-state index in [9.17, 15) is 4.79 Å². The van der Waals surface area contributed by atoms with Crippen LogP contribution in [0.1, 0.15) is 74.6 Å². The Kier molecular flexibility index (Phi) is 4.62. The Morgan fingerprint density at radius 1 is 1.05 bits per heavy atom. The lowest BCUT2D eigenvalue weighted by Gasteiger charge is -2.24. The minimum atomic E-state index is 0.131. The maximum atomic E-state index is 12.4. The third kappa shape index (κ3) is 3.48. The average Bonchev–Trinajstić information content (AvgIpc) is 2.55. The maximum Gasteiger partial charge on any atom is 0.223 e. The number of hydrogen-bond acceptors (Lipinski definition) is 1. The number of nitrogens with one attached hydrogen (secondary N) is 1. The van der Waals surface area contributed by atoms with Gasteiger partial charge in [0, 0.05) is 5.92 Å². The number of benzene rings is 1. The molecule has 1 atom stereocenters. The van der Waals surface area contributed by atoms with E-state index in [0.29, 0.717) is 0 Å². The van der Waals surface area contributed by atoms with E-state index in [-0.39, 0.29) is 17.9 Å². The largest absolute Gasteiger partial charge is 0.349 e.